The number of carbonyl (C=O) groups excluding carboxylic acids is 1. The molecule has 0 aromatic heterocycles. The Morgan fingerprint density at radius 2 is 2.14 bits per heavy atom. The topological polar surface area (TPSA) is 41.1 Å². The second-order valence-electron chi connectivity index (χ2n) is 4.17. The van der Waals surface area contributed by atoms with E-state index in [2.05, 4.69) is 17.6 Å². The molecule has 0 aromatic rings. The van der Waals surface area contributed by atoms with Crippen molar-refractivity contribution < 1.29 is 4.79 Å². The maximum absolute atomic E-state index is 11.5. The SMILES string of the molecule is CCCCCNC(C)C(=O)NC1CC1. The van der Waals surface area contributed by atoms with Crippen molar-refractivity contribution in [3.63, 3.8) is 0 Å². The molecule has 3 heteroatoms. The van der Waals surface area contributed by atoms with Crippen LogP contribution in [-0.4, -0.2) is 24.5 Å². The second kappa shape index (κ2) is 6.02. The Labute approximate surface area is 86.6 Å². The first-order valence-electron chi connectivity index (χ1n) is 5.77. The van der Waals surface area contributed by atoms with Gasteiger partial charge in [-0.1, -0.05) is 19.8 Å². The van der Waals surface area contributed by atoms with Gasteiger partial charge in [0.2, 0.25) is 5.91 Å². The predicted octanol–water partition coefficient (Wildman–Crippen LogP) is 1.43. The average Bonchev–Trinajstić information content (AvgIpc) is 2.96. The third-order valence-electron chi connectivity index (χ3n) is 2.55. The lowest BCUT2D eigenvalue weighted by atomic mass is 10.2. The molecule has 0 radical (unpaired) electrons. The molecule has 0 heterocycles. The molecule has 0 saturated heterocycles. The Hall–Kier alpha value is -0.570. The minimum atomic E-state index is -0.0348. The molecule has 1 rings (SSSR count). The van der Waals surface area contributed by atoms with Gasteiger partial charge >= 0.3 is 0 Å². The minimum Gasteiger partial charge on any atom is -0.352 e. The minimum absolute atomic E-state index is 0.0348. The zero-order valence-electron chi connectivity index (χ0n) is 9.31. The Balaban J connectivity index is 2.00. The summed E-state index contributed by atoms with van der Waals surface area (Å²) >= 11 is 0. The molecule has 1 aliphatic carbocycles. The van der Waals surface area contributed by atoms with E-state index in [1.807, 2.05) is 6.92 Å². The van der Waals surface area contributed by atoms with Crippen molar-refractivity contribution in [1.82, 2.24) is 10.6 Å². The quantitative estimate of drug-likeness (QED) is 0.608. The van der Waals surface area contributed by atoms with Crippen LogP contribution < -0.4 is 10.6 Å². The molecule has 1 amide bonds. The first-order valence-corrected chi connectivity index (χ1v) is 5.77. The molecule has 2 N–H and O–H groups in total. The lowest BCUT2D eigenvalue weighted by Gasteiger charge is -2.13. The average molecular weight is 198 g/mol. The van der Waals surface area contributed by atoms with Crippen LogP contribution in [0.25, 0.3) is 0 Å². The fourth-order valence-electron chi connectivity index (χ4n) is 1.34. The molecule has 14 heavy (non-hydrogen) atoms. The standard InChI is InChI=1S/C11H22N2O/c1-3-4-5-8-12-9(2)11(14)13-10-6-7-10/h9-10,12H,3-8H2,1-2H3,(H,13,14). The highest BCUT2D eigenvalue weighted by Gasteiger charge is 2.25. The molecule has 82 valence electrons. The van der Waals surface area contributed by atoms with Crippen molar-refractivity contribution in [2.45, 2.75) is 58.0 Å². The Morgan fingerprint density at radius 1 is 1.43 bits per heavy atom. The first kappa shape index (κ1) is 11.5. The fourth-order valence-corrected chi connectivity index (χ4v) is 1.34. The summed E-state index contributed by atoms with van der Waals surface area (Å²) in [4.78, 5) is 11.5. The largest absolute Gasteiger partial charge is 0.352 e. The fraction of sp³-hybridized carbons (Fsp3) is 0.909. The Kier molecular flexibility index (Phi) is 4.94. The summed E-state index contributed by atoms with van der Waals surface area (Å²) in [6, 6.07) is 0.440. The maximum atomic E-state index is 11.5. The van der Waals surface area contributed by atoms with Crippen molar-refractivity contribution >= 4 is 5.91 Å². The number of nitrogens with one attached hydrogen (secondary N) is 2. The zero-order chi connectivity index (χ0) is 10.4. The third-order valence-corrected chi connectivity index (χ3v) is 2.55. The van der Waals surface area contributed by atoms with E-state index in [4.69, 9.17) is 0 Å². The van der Waals surface area contributed by atoms with Gasteiger partial charge in [-0.15, -0.1) is 0 Å². The normalized spacial score (nSPS) is 17.9. The molecule has 0 aliphatic heterocycles. The van der Waals surface area contributed by atoms with Crippen LogP contribution >= 0.6 is 0 Å². The van der Waals surface area contributed by atoms with E-state index in [0.29, 0.717) is 6.04 Å². The molecule has 1 aliphatic rings. The molecule has 1 saturated carbocycles. The highest BCUT2D eigenvalue weighted by Crippen LogP contribution is 2.18. The van der Waals surface area contributed by atoms with Gasteiger partial charge in [0.25, 0.3) is 0 Å². The summed E-state index contributed by atoms with van der Waals surface area (Å²) in [6.45, 7) is 5.07. The van der Waals surface area contributed by atoms with Crippen LogP contribution in [0.5, 0.6) is 0 Å². The predicted molar refractivity (Wildman–Crippen MR) is 58.2 cm³/mol. The van der Waals surface area contributed by atoms with Crippen LogP contribution in [-0.2, 0) is 4.79 Å². The third kappa shape index (κ3) is 4.61. The van der Waals surface area contributed by atoms with Crippen molar-refractivity contribution in [3.05, 3.63) is 0 Å². The number of amides is 1. The molecule has 0 spiro atoms. The summed E-state index contributed by atoms with van der Waals surface area (Å²) in [6.07, 6.45) is 5.95. The first-order chi connectivity index (χ1) is 6.74. The lowest BCUT2D eigenvalue weighted by Crippen LogP contribution is -2.43. The Morgan fingerprint density at radius 3 is 2.71 bits per heavy atom. The molecule has 0 bridgehead atoms. The van der Waals surface area contributed by atoms with Crippen molar-refractivity contribution in [1.29, 1.82) is 0 Å². The van der Waals surface area contributed by atoms with Gasteiger partial charge in [0.15, 0.2) is 0 Å². The molecule has 3 nitrogen and oxygen atoms in total. The van der Waals surface area contributed by atoms with Crippen LogP contribution in [0.15, 0.2) is 0 Å². The van der Waals surface area contributed by atoms with Gasteiger partial charge in [-0.2, -0.15) is 0 Å². The summed E-state index contributed by atoms with van der Waals surface area (Å²) in [7, 11) is 0. The van der Waals surface area contributed by atoms with Gasteiger partial charge in [0.1, 0.15) is 0 Å². The van der Waals surface area contributed by atoms with Crippen molar-refractivity contribution in [2.24, 2.45) is 0 Å². The van der Waals surface area contributed by atoms with Crippen molar-refractivity contribution in [3.8, 4) is 0 Å². The van der Waals surface area contributed by atoms with E-state index < -0.39 is 0 Å². The van der Waals surface area contributed by atoms with Crippen LogP contribution in [0.1, 0.15) is 46.0 Å². The van der Waals surface area contributed by atoms with E-state index in [9.17, 15) is 4.79 Å². The van der Waals surface area contributed by atoms with Gasteiger partial charge in [-0.05, 0) is 32.7 Å². The highest BCUT2D eigenvalue weighted by atomic mass is 16.2. The molecule has 1 unspecified atom stereocenters. The summed E-state index contributed by atoms with van der Waals surface area (Å²) in [5.41, 5.74) is 0. The van der Waals surface area contributed by atoms with Gasteiger partial charge in [-0.25, -0.2) is 0 Å². The number of hydrogen-bond donors (Lipinski definition) is 2. The van der Waals surface area contributed by atoms with Gasteiger partial charge in [0, 0.05) is 6.04 Å². The lowest BCUT2D eigenvalue weighted by molar-refractivity contribution is -0.122. The smallest absolute Gasteiger partial charge is 0.237 e. The van der Waals surface area contributed by atoms with Crippen LogP contribution in [0, 0.1) is 0 Å². The zero-order valence-corrected chi connectivity index (χ0v) is 9.31. The van der Waals surface area contributed by atoms with E-state index in [-0.39, 0.29) is 11.9 Å². The summed E-state index contributed by atoms with van der Waals surface area (Å²) in [5.74, 6) is 0.156. The van der Waals surface area contributed by atoms with Crippen LogP contribution in [0.2, 0.25) is 0 Å². The van der Waals surface area contributed by atoms with E-state index in [0.717, 1.165) is 25.8 Å². The van der Waals surface area contributed by atoms with Crippen molar-refractivity contribution in [2.75, 3.05) is 6.54 Å². The van der Waals surface area contributed by atoms with Gasteiger partial charge < -0.3 is 10.6 Å². The summed E-state index contributed by atoms with van der Waals surface area (Å²) < 4.78 is 0. The van der Waals surface area contributed by atoms with Gasteiger partial charge in [-0.3, -0.25) is 4.79 Å². The van der Waals surface area contributed by atoms with E-state index in [1.165, 1.54) is 12.8 Å². The number of unbranched alkanes of at least 4 members (excludes halogenated alkanes) is 2. The molecule has 1 fully saturated rings. The molecule has 1 atom stereocenters. The van der Waals surface area contributed by atoms with Crippen LogP contribution in [0.4, 0.5) is 0 Å². The Bertz CT molecular complexity index is 178. The van der Waals surface area contributed by atoms with Gasteiger partial charge in [0.05, 0.1) is 6.04 Å². The maximum Gasteiger partial charge on any atom is 0.237 e. The van der Waals surface area contributed by atoms with Crippen LogP contribution in [0.3, 0.4) is 0 Å². The van der Waals surface area contributed by atoms with E-state index in [1.54, 1.807) is 0 Å². The van der Waals surface area contributed by atoms with E-state index >= 15 is 0 Å². The summed E-state index contributed by atoms with van der Waals surface area (Å²) in [5, 5.41) is 6.23. The molecular weight excluding hydrogens is 176 g/mol. The number of carbonyl (C=O) groups is 1. The molecule has 0 aromatic carbocycles. The number of hydrogen-bond acceptors (Lipinski definition) is 2. The second-order valence-corrected chi connectivity index (χ2v) is 4.17. The number of rotatable bonds is 7. The highest BCUT2D eigenvalue weighted by molar-refractivity contribution is 5.81. The monoisotopic (exact) mass is 198 g/mol. The molecular formula is C11H22N2O.